The van der Waals surface area contributed by atoms with E-state index in [4.69, 9.17) is 0 Å². The standard InChI is InChI=1S/C29H16O3/c30-16-17-5-7-18(8-6-17)21-9-10-22-14-26-27(15-23(22)11-21)29(32)25-13-20-4-2-1-3-19(20)12-24(25)28(26)31/h1-16H. The van der Waals surface area contributed by atoms with Crippen LogP contribution in [0.25, 0.3) is 32.7 Å². The van der Waals surface area contributed by atoms with Crippen LogP contribution in [0.2, 0.25) is 0 Å². The maximum Gasteiger partial charge on any atom is 0.194 e. The monoisotopic (exact) mass is 412 g/mol. The molecule has 1 aliphatic carbocycles. The molecular weight excluding hydrogens is 396 g/mol. The Balaban J connectivity index is 1.51. The van der Waals surface area contributed by atoms with Gasteiger partial charge in [-0.25, -0.2) is 0 Å². The number of aldehydes is 1. The third-order valence-corrected chi connectivity index (χ3v) is 6.22. The number of ketones is 2. The molecule has 150 valence electrons. The molecule has 0 radical (unpaired) electrons. The molecule has 3 nitrogen and oxygen atoms in total. The minimum Gasteiger partial charge on any atom is -0.298 e. The Morgan fingerprint density at radius 1 is 0.469 bits per heavy atom. The van der Waals surface area contributed by atoms with Crippen LogP contribution in [0, 0.1) is 0 Å². The fraction of sp³-hybridized carbons (Fsp3) is 0. The number of carbonyl (C=O) groups excluding carboxylic acids is 3. The van der Waals surface area contributed by atoms with Crippen molar-refractivity contribution in [3.8, 4) is 11.1 Å². The van der Waals surface area contributed by atoms with E-state index in [-0.39, 0.29) is 11.6 Å². The molecule has 0 saturated heterocycles. The molecule has 3 heteroatoms. The Kier molecular flexibility index (Phi) is 3.92. The minimum atomic E-state index is -0.122. The molecule has 5 aromatic carbocycles. The summed E-state index contributed by atoms with van der Waals surface area (Å²) in [6, 6.07) is 28.4. The van der Waals surface area contributed by atoms with Gasteiger partial charge in [0, 0.05) is 27.8 Å². The lowest BCUT2D eigenvalue weighted by Crippen LogP contribution is -2.20. The largest absolute Gasteiger partial charge is 0.298 e. The van der Waals surface area contributed by atoms with Crippen LogP contribution in [0.4, 0.5) is 0 Å². The lowest BCUT2D eigenvalue weighted by atomic mass is 9.81. The Bertz CT molecular complexity index is 1610. The zero-order valence-electron chi connectivity index (χ0n) is 17.0. The number of carbonyl (C=O) groups is 3. The fourth-order valence-corrected chi connectivity index (χ4v) is 4.51. The molecule has 0 N–H and O–H groups in total. The normalized spacial score (nSPS) is 12.6. The van der Waals surface area contributed by atoms with Crippen molar-refractivity contribution in [1.82, 2.24) is 0 Å². The van der Waals surface area contributed by atoms with Gasteiger partial charge in [-0.1, -0.05) is 60.7 Å². The van der Waals surface area contributed by atoms with Crippen molar-refractivity contribution in [3.63, 3.8) is 0 Å². The number of hydrogen-bond donors (Lipinski definition) is 0. The van der Waals surface area contributed by atoms with E-state index in [1.807, 2.05) is 78.9 Å². The maximum atomic E-state index is 13.4. The average molecular weight is 412 g/mol. The van der Waals surface area contributed by atoms with Gasteiger partial charge in [0.1, 0.15) is 6.29 Å². The minimum absolute atomic E-state index is 0.115. The summed E-state index contributed by atoms with van der Waals surface area (Å²) in [6.45, 7) is 0. The summed E-state index contributed by atoms with van der Waals surface area (Å²) < 4.78 is 0. The highest BCUT2D eigenvalue weighted by atomic mass is 16.1. The van der Waals surface area contributed by atoms with E-state index in [2.05, 4.69) is 0 Å². The molecule has 0 aliphatic heterocycles. The van der Waals surface area contributed by atoms with Gasteiger partial charge in [0.2, 0.25) is 0 Å². The predicted octanol–water partition coefficient (Wildman–Crippen LogP) is 6.25. The van der Waals surface area contributed by atoms with E-state index < -0.39 is 0 Å². The van der Waals surface area contributed by atoms with Gasteiger partial charge in [-0.2, -0.15) is 0 Å². The highest BCUT2D eigenvalue weighted by molar-refractivity contribution is 6.30. The lowest BCUT2D eigenvalue weighted by Gasteiger charge is -2.19. The van der Waals surface area contributed by atoms with Crippen LogP contribution in [0.5, 0.6) is 0 Å². The van der Waals surface area contributed by atoms with Crippen molar-refractivity contribution in [2.45, 2.75) is 0 Å². The first-order chi connectivity index (χ1) is 15.6. The smallest absolute Gasteiger partial charge is 0.194 e. The molecule has 1 aliphatic rings. The summed E-state index contributed by atoms with van der Waals surface area (Å²) in [5, 5.41) is 3.69. The van der Waals surface area contributed by atoms with Crippen LogP contribution in [0.3, 0.4) is 0 Å². The first kappa shape index (κ1) is 18.4. The lowest BCUT2D eigenvalue weighted by molar-refractivity contribution is 0.0979. The van der Waals surface area contributed by atoms with Crippen molar-refractivity contribution < 1.29 is 14.4 Å². The van der Waals surface area contributed by atoms with Crippen molar-refractivity contribution in [2.24, 2.45) is 0 Å². The van der Waals surface area contributed by atoms with Gasteiger partial charge < -0.3 is 0 Å². The summed E-state index contributed by atoms with van der Waals surface area (Å²) in [4.78, 5) is 37.6. The molecular formula is C29H16O3. The van der Waals surface area contributed by atoms with E-state index in [0.717, 1.165) is 39.0 Å². The van der Waals surface area contributed by atoms with Crippen molar-refractivity contribution in [1.29, 1.82) is 0 Å². The zero-order valence-corrected chi connectivity index (χ0v) is 17.0. The van der Waals surface area contributed by atoms with Gasteiger partial charge in [-0.3, -0.25) is 14.4 Å². The third-order valence-electron chi connectivity index (χ3n) is 6.22. The highest BCUT2D eigenvalue weighted by Gasteiger charge is 2.30. The van der Waals surface area contributed by atoms with Gasteiger partial charge in [0.15, 0.2) is 11.6 Å². The van der Waals surface area contributed by atoms with Crippen LogP contribution in [-0.2, 0) is 0 Å². The second-order valence-corrected chi connectivity index (χ2v) is 8.10. The van der Waals surface area contributed by atoms with E-state index in [9.17, 15) is 14.4 Å². The van der Waals surface area contributed by atoms with Crippen LogP contribution in [0.15, 0.2) is 91.0 Å². The number of hydrogen-bond acceptors (Lipinski definition) is 3. The number of fused-ring (bicyclic) bond motifs is 4. The average Bonchev–Trinajstić information content (AvgIpc) is 2.85. The summed E-state index contributed by atoms with van der Waals surface area (Å²) in [7, 11) is 0. The molecule has 0 unspecified atom stereocenters. The molecule has 0 atom stereocenters. The van der Waals surface area contributed by atoms with Crippen LogP contribution in [-0.4, -0.2) is 17.9 Å². The van der Waals surface area contributed by atoms with E-state index in [0.29, 0.717) is 27.8 Å². The van der Waals surface area contributed by atoms with Crippen molar-refractivity contribution in [3.05, 3.63) is 119 Å². The topological polar surface area (TPSA) is 51.2 Å². The Hall–Kier alpha value is -4.37. The molecule has 0 heterocycles. The van der Waals surface area contributed by atoms with Crippen LogP contribution < -0.4 is 0 Å². The van der Waals surface area contributed by atoms with Gasteiger partial charge in [-0.15, -0.1) is 0 Å². The van der Waals surface area contributed by atoms with E-state index in [1.165, 1.54) is 0 Å². The van der Waals surface area contributed by atoms with E-state index in [1.54, 1.807) is 12.1 Å². The SMILES string of the molecule is O=Cc1ccc(-c2ccc3cc4c(cc3c2)C(=O)c2cc3ccccc3cc2C4=O)cc1. The summed E-state index contributed by atoms with van der Waals surface area (Å²) >= 11 is 0. The van der Waals surface area contributed by atoms with Gasteiger partial charge >= 0.3 is 0 Å². The molecule has 6 rings (SSSR count). The molecule has 0 bridgehead atoms. The molecule has 0 saturated carbocycles. The first-order valence-electron chi connectivity index (χ1n) is 10.4. The Labute approximate surface area is 183 Å². The van der Waals surface area contributed by atoms with E-state index >= 15 is 0 Å². The summed E-state index contributed by atoms with van der Waals surface area (Å²) in [6.07, 6.45) is 0.820. The number of benzene rings is 5. The van der Waals surface area contributed by atoms with Gasteiger partial charge in [-0.05, 0) is 63.0 Å². The predicted molar refractivity (Wildman–Crippen MR) is 126 cm³/mol. The maximum absolute atomic E-state index is 13.4. The fourth-order valence-electron chi connectivity index (χ4n) is 4.51. The third kappa shape index (κ3) is 2.72. The molecule has 32 heavy (non-hydrogen) atoms. The summed E-state index contributed by atoms with van der Waals surface area (Å²) in [5.41, 5.74) is 4.41. The zero-order chi connectivity index (χ0) is 21.8. The van der Waals surface area contributed by atoms with Crippen LogP contribution >= 0.6 is 0 Å². The van der Waals surface area contributed by atoms with Crippen LogP contribution in [0.1, 0.15) is 42.2 Å². The van der Waals surface area contributed by atoms with Gasteiger partial charge in [0.05, 0.1) is 0 Å². The molecule has 0 aromatic heterocycles. The molecule has 0 amide bonds. The second kappa shape index (κ2) is 6.82. The molecule has 0 spiro atoms. The van der Waals surface area contributed by atoms with Crippen molar-refractivity contribution in [2.75, 3.05) is 0 Å². The quantitative estimate of drug-likeness (QED) is 0.316. The second-order valence-electron chi connectivity index (χ2n) is 8.10. The van der Waals surface area contributed by atoms with Gasteiger partial charge in [0.25, 0.3) is 0 Å². The molecule has 5 aromatic rings. The molecule has 0 fully saturated rings. The Morgan fingerprint density at radius 3 is 1.47 bits per heavy atom. The highest BCUT2D eigenvalue weighted by Crippen LogP contribution is 2.34. The number of rotatable bonds is 2. The first-order valence-corrected chi connectivity index (χ1v) is 10.4. The van der Waals surface area contributed by atoms with Crippen molar-refractivity contribution >= 4 is 39.4 Å². The summed E-state index contributed by atoms with van der Waals surface area (Å²) in [5.74, 6) is -0.237. The Morgan fingerprint density at radius 2 is 0.938 bits per heavy atom.